The molecule has 1 aromatic heterocycles. The molecule has 0 aliphatic carbocycles. The van der Waals surface area contributed by atoms with E-state index in [0.717, 1.165) is 11.1 Å². The van der Waals surface area contributed by atoms with Gasteiger partial charge in [-0.3, -0.25) is 4.79 Å². The Kier molecular flexibility index (Phi) is 2.33. The van der Waals surface area contributed by atoms with Gasteiger partial charge in [0.05, 0.1) is 0 Å². The van der Waals surface area contributed by atoms with Crippen LogP contribution in [0.2, 0.25) is 0 Å². The largest absolute Gasteiger partial charge is 0.310 e. The van der Waals surface area contributed by atoms with Crippen molar-refractivity contribution in [2.75, 3.05) is 0 Å². The monoisotopic (exact) mass is 179 g/mol. The third-order valence-corrected chi connectivity index (χ3v) is 2.24. The summed E-state index contributed by atoms with van der Waals surface area (Å²) in [5.74, 6) is 0. The summed E-state index contributed by atoms with van der Waals surface area (Å²) in [6.45, 7) is 10.1. The molecule has 0 atom stereocenters. The van der Waals surface area contributed by atoms with Crippen molar-refractivity contribution in [3.05, 3.63) is 33.7 Å². The maximum Gasteiger partial charge on any atom is 0.251 e. The molecule has 0 bridgehead atoms. The fourth-order valence-corrected chi connectivity index (χ4v) is 1.25. The number of pyridine rings is 1. The van der Waals surface area contributed by atoms with Gasteiger partial charge in [-0.15, -0.1) is 0 Å². The Hall–Kier alpha value is -1.05. The summed E-state index contributed by atoms with van der Waals surface area (Å²) in [4.78, 5) is 11.6. The molecule has 0 N–H and O–H groups in total. The van der Waals surface area contributed by atoms with E-state index in [2.05, 4.69) is 0 Å². The van der Waals surface area contributed by atoms with Crippen molar-refractivity contribution in [1.29, 1.82) is 0 Å². The molecule has 72 valence electrons. The highest BCUT2D eigenvalue weighted by Gasteiger charge is 2.14. The number of hydrogen-bond acceptors (Lipinski definition) is 1. The van der Waals surface area contributed by atoms with Gasteiger partial charge in [0.25, 0.3) is 5.56 Å². The van der Waals surface area contributed by atoms with Crippen LogP contribution in [0.15, 0.2) is 17.1 Å². The van der Waals surface area contributed by atoms with Crippen LogP contribution >= 0.6 is 0 Å². The van der Waals surface area contributed by atoms with Gasteiger partial charge in [0.2, 0.25) is 0 Å². The Morgan fingerprint density at radius 1 is 1.15 bits per heavy atom. The molecule has 0 aromatic carbocycles. The SMILES string of the molecule is Cc1cc(=O)n(C(C)(C)C)cc1C. The molecule has 0 radical (unpaired) electrons. The minimum atomic E-state index is -0.129. The van der Waals surface area contributed by atoms with Crippen molar-refractivity contribution >= 4 is 0 Å². The van der Waals surface area contributed by atoms with Crippen molar-refractivity contribution in [3.63, 3.8) is 0 Å². The fourth-order valence-electron chi connectivity index (χ4n) is 1.25. The molecule has 1 aromatic rings. The van der Waals surface area contributed by atoms with Gasteiger partial charge in [-0.1, -0.05) is 0 Å². The van der Waals surface area contributed by atoms with Crippen LogP contribution in [-0.2, 0) is 5.54 Å². The van der Waals surface area contributed by atoms with Gasteiger partial charge in [0, 0.05) is 17.8 Å². The van der Waals surface area contributed by atoms with Crippen molar-refractivity contribution in [1.82, 2.24) is 4.57 Å². The van der Waals surface area contributed by atoms with Crippen molar-refractivity contribution < 1.29 is 0 Å². The van der Waals surface area contributed by atoms with E-state index in [1.807, 2.05) is 40.8 Å². The lowest BCUT2D eigenvalue weighted by Crippen LogP contribution is -2.33. The quantitative estimate of drug-likeness (QED) is 0.598. The van der Waals surface area contributed by atoms with Crippen LogP contribution in [-0.4, -0.2) is 4.57 Å². The van der Waals surface area contributed by atoms with Crippen molar-refractivity contribution in [2.24, 2.45) is 0 Å². The third kappa shape index (κ3) is 2.00. The van der Waals surface area contributed by atoms with Gasteiger partial charge in [-0.2, -0.15) is 0 Å². The lowest BCUT2D eigenvalue weighted by molar-refractivity contribution is 0.383. The predicted molar refractivity (Wildman–Crippen MR) is 55.2 cm³/mol. The summed E-state index contributed by atoms with van der Waals surface area (Å²) in [6.07, 6.45) is 1.93. The molecule has 0 fully saturated rings. The molecule has 13 heavy (non-hydrogen) atoms. The first kappa shape index (κ1) is 10.0. The first-order valence-corrected chi connectivity index (χ1v) is 4.53. The maximum absolute atomic E-state index is 11.6. The lowest BCUT2D eigenvalue weighted by atomic mass is 10.1. The Morgan fingerprint density at radius 2 is 1.69 bits per heavy atom. The number of hydrogen-bond donors (Lipinski definition) is 0. The molecule has 0 saturated carbocycles. The van der Waals surface area contributed by atoms with Gasteiger partial charge in [0.15, 0.2) is 0 Å². The normalized spacial score (nSPS) is 11.8. The Morgan fingerprint density at radius 3 is 2.15 bits per heavy atom. The van der Waals surface area contributed by atoms with E-state index < -0.39 is 0 Å². The Labute approximate surface area is 79.2 Å². The number of nitrogens with zero attached hydrogens (tertiary/aromatic N) is 1. The fraction of sp³-hybridized carbons (Fsp3) is 0.545. The molecular weight excluding hydrogens is 162 g/mol. The topological polar surface area (TPSA) is 22.0 Å². The molecule has 2 heteroatoms. The van der Waals surface area contributed by atoms with E-state index in [9.17, 15) is 4.79 Å². The van der Waals surface area contributed by atoms with Gasteiger partial charge >= 0.3 is 0 Å². The second kappa shape index (κ2) is 3.02. The molecular formula is C11H17NO. The van der Waals surface area contributed by atoms with Gasteiger partial charge < -0.3 is 4.57 Å². The average Bonchev–Trinajstić information content (AvgIpc) is 1.94. The van der Waals surface area contributed by atoms with Crippen LogP contribution in [0.5, 0.6) is 0 Å². The Balaban J connectivity index is 3.41. The van der Waals surface area contributed by atoms with E-state index in [4.69, 9.17) is 0 Å². The zero-order chi connectivity index (χ0) is 10.2. The zero-order valence-corrected chi connectivity index (χ0v) is 9.01. The third-order valence-electron chi connectivity index (χ3n) is 2.24. The van der Waals surface area contributed by atoms with Crippen LogP contribution in [0.1, 0.15) is 31.9 Å². The zero-order valence-electron chi connectivity index (χ0n) is 9.01. The summed E-state index contributed by atoms with van der Waals surface area (Å²) in [6, 6.07) is 1.70. The van der Waals surface area contributed by atoms with E-state index in [1.165, 1.54) is 0 Å². The van der Waals surface area contributed by atoms with E-state index in [0.29, 0.717) is 0 Å². The molecule has 2 nitrogen and oxygen atoms in total. The molecule has 1 rings (SSSR count). The number of aryl methyl sites for hydroxylation is 2. The maximum atomic E-state index is 11.6. The number of aromatic nitrogens is 1. The second-order valence-electron chi connectivity index (χ2n) is 4.52. The van der Waals surface area contributed by atoms with E-state index >= 15 is 0 Å². The number of rotatable bonds is 0. The van der Waals surface area contributed by atoms with Gasteiger partial charge in [-0.25, -0.2) is 0 Å². The minimum absolute atomic E-state index is 0.0793. The summed E-state index contributed by atoms with van der Waals surface area (Å²) >= 11 is 0. The lowest BCUT2D eigenvalue weighted by Gasteiger charge is -2.23. The summed E-state index contributed by atoms with van der Waals surface area (Å²) in [5, 5.41) is 0. The highest BCUT2D eigenvalue weighted by Crippen LogP contribution is 2.12. The molecule has 1 heterocycles. The first-order chi connectivity index (χ1) is 5.82. The van der Waals surface area contributed by atoms with Crippen LogP contribution in [0.25, 0.3) is 0 Å². The second-order valence-corrected chi connectivity index (χ2v) is 4.52. The minimum Gasteiger partial charge on any atom is -0.310 e. The highest BCUT2D eigenvalue weighted by atomic mass is 16.1. The van der Waals surface area contributed by atoms with Crippen molar-refractivity contribution in [2.45, 2.75) is 40.2 Å². The molecule has 0 aliphatic rings. The van der Waals surface area contributed by atoms with Gasteiger partial charge in [-0.05, 0) is 45.7 Å². The van der Waals surface area contributed by atoms with Crippen LogP contribution in [0, 0.1) is 13.8 Å². The summed E-state index contributed by atoms with van der Waals surface area (Å²) in [5.41, 5.74) is 2.17. The molecule has 0 amide bonds. The Bertz CT molecular complexity index is 369. The van der Waals surface area contributed by atoms with E-state index in [1.54, 1.807) is 10.6 Å². The predicted octanol–water partition coefficient (Wildman–Crippen LogP) is 2.22. The standard InChI is InChI=1S/C11H17NO/c1-8-6-10(13)12(7-9(8)2)11(3,4)5/h6-7H,1-5H3. The smallest absolute Gasteiger partial charge is 0.251 e. The van der Waals surface area contributed by atoms with Crippen LogP contribution in [0.3, 0.4) is 0 Å². The first-order valence-electron chi connectivity index (χ1n) is 4.53. The summed E-state index contributed by atoms with van der Waals surface area (Å²) < 4.78 is 1.77. The molecule has 0 aliphatic heterocycles. The molecule has 0 spiro atoms. The van der Waals surface area contributed by atoms with Gasteiger partial charge in [0.1, 0.15) is 0 Å². The van der Waals surface area contributed by atoms with Crippen LogP contribution < -0.4 is 5.56 Å². The molecule has 0 unspecified atom stereocenters. The summed E-state index contributed by atoms with van der Waals surface area (Å²) in [7, 11) is 0. The highest BCUT2D eigenvalue weighted by molar-refractivity contribution is 5.21. The van der Waals surface area contributed by atoms with E-state index in [-0.39, 0.29) is 11.1 Å². The molecule has 0 saturated heterocycles. The van der Waals surface area contributed by atoms with Crippen LogP contribution in [0.4, 0.5) is 0 Å². The van der Waals surface area contributed by atoms with Crippen molar-refractivity contribution in [3.8, 4) is 0 Å². The average molecular weight is 179 g/mol.